The maximum atomic E-state index is 12.1. The highest BCUT2D eigenvalue weighted by Gasteiger charge is 2.50. The van der Waals surface area contributed by atoms with Crippen LogP contribution in [0.1, 0.15) is 33.1 Å². The standard InChI is InChI=1S/C12H21NO4/c1-3-8(4-2)13(5-6-14)11(15)9-7-10(9)12(16)17/h8-10,14H,3-7H2,1-2H3,(H,16,17)/t9-,10+/m1/s1. The van der Waals surface area contributed by atoms with Gasteiger partial charge in [-0.15, -0.1) is 0 Å². The Morgan fingerprint density at radius 1 is 1.29 bits per heavy atom. The lowest BCUT2D eigenvalue weighted by molar-refractivity contribution is -0.143. The van der Waals surface area contributed by atoms with Crippen molar-refractivity contribution in [2.75, 3.05) is 13.2 Å². The van der Waals surface area contributed by atoms with E-state index in [1.165, 1.54) is 0 Å². The SMILES string of the molecule is CCC(CC)N(CCO)C(=O)[C@@H]1C[C@@H]1C(=O)O. The second kappa shape index (κ2) is 6.00. The summed E-state index contributed by atoms with van der Waals surface area (Å²) in [7, 11) is 0. The molecule has 0 saturated heterocycles. The normalized spacial score (nSPS) is 22.6. The van der Waals surface area contributed by atoms with E-state index in [0.29, 0.717) is 13.0 Å². The molecule has 2 N–H and O–H groups in total. The predicted molar refractivity (Wildman–Crippen MR) is 62.4 cm³/mol. The van der Waals surface area contributed by atoms with Crippen molar-refractivity contribution in [3.63, 3.8) is 0 Å². The minimum Gasteiger partial charge on any atom is -0.481 e. The smallest absolute Gasteiger partial charge is 0.307 e. The van der Waals surface area contributed by atoms with Gasteiger partial charge in [0.25, 0.3) is 0 Å². The van der Waals surface area contributed by atoms with Gasteiger partial charge in [-0.25, -0.2) is 0 Å². The van der Waals surface area contributed by atoms with E-state index < -0.39 is 11.9 Å². The number of rotatable bonds is 7. The zero-order valence-electron chi connectivity index (χ0n) is 10.4. The van der Waals surface area contributed by atoms with Gasteiger partial charge in [0.05, 0.1) is 18.4 Å². The number of aliphatic hydroxyl groups is 1. The molecule has 2 atom stereocenters. The summed E-state index contributed by atoms with van der Waals surface area (Å²) >= 11 is 0. The van der Waals surface area contributed by atoms with Gasteiger partial charge in [-0.2, -0.15) is 0 Å². The van der Waals surface area contributed by atoms with Crippen LogP contribution >= 0.6 is 0 Å². The number of carbonyl (C=O) groups excluding carboxylic acids is 1. The molecule has 5 nitrogen and oxygen atoms in total. The topological polar surface area (TPSA) is 77.8 Å². The molecule has 17 heavy (non-hydrogen) atoms. The second-order valence-electron chi connectivity index (χ2n) is 4.51. The van der Waals surface area contributed by atoms with Crippen LogP contribution in [0.3, 0.4) is 0 Å². The number of hydrogen-bond acceptors (Lipinski definition) is 3. The zero-order valence-corrected chi connectivity index (χ0v) is 10.4. The summed E-state index contributed by atoms with van der Waals surface area (Å²) in [5.74, 6) is -1.89. The van der Waals surface area contributed by atoms with Crippen molar-refractivity contribution in [2.45, 2.75) is 39.2 Å². The van der Waals surface area contributed by atoms with Gasteiger partial charge in [-0.3, -0.25) is 9.59 Å². The number of nitrogens with zero attached hydrogens (tertiary/aromatic N) is 1. The highest BCUT2D eigenvalue weighted by molar-refractivity contribution is 5.89. The highest BCUT2D eigenvalue weighted by atomic mass is 16.4. The van der Waals surface area contributed by atoms with E-state index >= 15 is 0 Å². The number of hydrogen-bond donors (Lipinski definition) is 2. The third-order valence-corrected chi connectivity index (χ3v) is 3.43. The number of amides is 1. The second-order valence-corrected chi connectivity index (χ2v) is 4.51. The molecular weight excluding hydrogens is 222 g/mol. The number of carbonyl (C=O) groups is 2. The Kier molecular flexibility index (Phi) is 4.93. The molecule has 5 heteroatoms. The molecule has 1 saturated carbocycles. The fraction of sp³-hybridized carbons (Fsp3) is 0.833. The molecule has 0 radical (unpaired) electrons. The molecule has 1 aliphatic rings. The molecule has 1 aliphatic carbocycles. The van der Waals surface area contributed by atoms with Crippen LogP contribution < -0.4 is 0 Å². The molecule has 0 unspecified atom stereocenters. The highest BCUT2D eigenvalue weighted by Crippen LogP contribution is 2.40. The van der Waals surface area contributed by atoms with Crippen molar-refractivity contribution in [2.24, 2.45) is 11.8 Å². The molecule has 0 aromatic rings. The van der Waals surface area contributed by atoms with Crippen LogP contribution in [0, 0.1) is 11.8 Å². The molecule has 0 aromatic heterocycles. The minimum atomic E-state index is -0.892. The fourth-order valence-electron chi connectivity index (χ4n) is 2.26. The first-order valence-electron chi connectivity index (χ1n) is 6.20. The lowest BCUT2D eigenvalue weighted by Crippen LogP contribution is -2.42. The largest absolute Gasteiger partial charge is 0.481 e. The van der Waals surface area contributed by atoms with Gasteiger partial charge < -0.3 is 15.1 Å². The summed E-state index contributed by atoms with van der Waals surface area (Å²) < 4.78 is 0. The quantitative estimate of drug-likeness (QED) is 0.690. The summed E-state index contributed by atoms with van der Waals surface area (Å²) in [6.07, 6.45) is 2.09. The van der Waals surface area contributed by atoms with Gasteiger partial charge in [0.2, 0.25) is 5.91 Å². The molecule has 0 aliphatic heterocycles. The van der Waals surface area contributed by atoms with Crippen molar-refractivity contribution in [3.05, 3.63) is 0 Å². The molecule has 0 spiro atoms. The molecule has 1 rings (SSSR count). The Labute approximate surface area is 101 Å². The molecular formula is C12H21NO4. The van der Waals surface area contributed by atoms with Crippen LogP contribution in [-0.4, -0.2) is 46.2 Å². The average Bonchev–Trinajstić information content (AvgIpc) is 3.08. The first kappa shape index (κ1) is 14.0. The minimum absolute atomic E-state index is 0.0767. The van der Waals surface area contributed by atoms with Gasteiger partial charge in [0, 0.05) is 12.6 Å². The van der Waals surface area contributed by atoms with Crippen LogP contribution in [0.4, 0.5) is 0 Å². The first-order chi connectivity index (χ1) is 8.06. The van der Waals surface area contributed by atoms with Gasteiger partial charge in [-0.1, -0.05) is 13.8 Å². The number of carboxylic acid groups (broad SMARTS) is 1. The molecule has 0 bridgehead atoms. The number of aliphatic carboxylic acids is 1. The summed E-state index contributed by atoms with van der Waals surface area (Å²) in [6, 6.07) is 0.102. The number of carboxylic acids is 1. The van der Waals surface area contributed by atoms with Crippen LogP contribution in [-0.2, 0) is 9.59 Å². The summed E-state index contributed by atoms with van der Waals surface area (Å²) in [4.78, 5) is 24.5. The van der Waals surface area contributed by atoms with Crippen molar-refractivity contribution in [1.82, 2.24) is 4.90 Å². The van der Waals surface area contributed by atoms with Gasteiger partial charge in [0.15, 0.2) is 0 Å². The maximum absolute atomic E-state index is 12.1. The van der Waals surface area contributed by atoms with E-state index in [1.54, 1.807) is 4.90 Å². The van der Waals surface area contributed by atoms with Crippen molar-refractivity contribution in [3.8, 4) is 0 Å². The molecule has 0 heterocycles. The summed E-state index contributed by atoms with van der Waals surface area (Å²) in [5, 5.41) is 17.8. The monoisotopic (exact) mass is 243 g/mol. The molecule has 1 amide bonds. The molecule has 0 aromatic carbocycles. The van der Waals surface area contributed by atoms with Crippen LogP contribution in [0.5, 0.6) is 0 Å². The molecule has 98 valence electrons. The van der Waals surface area contributed by atoms with Gasteiger partial charge >= 0.3 is 5.97 Å². The summed E-state index contributed by atoms with van der Waals surface area (Å²) in [6.45, 7) is 4.21. The Morgan fingerprint density at radius 3 is 2.24 bits per heavy atom. The Bertz CT molecular complexity index is 288. The van der Waals surface area contributed by atoms with Gasteiger partial charge in [0.1, 0.15) is 0 Å². The first-order valence-corrected chi connectivity index (χ1v) is 6.20. The zero-order chi connectivity index (χ0) is 13.0. The van der Waals surface area contributed by atoms with Gasteiger partial charge in [-0.05, 0) is 19.3 Å². The van der Waals surface area contributed by atoms with Crippen molar-refractivity contribution in [1.29, 1.82) is 0 Å². The summed E-state index contributed by atoms with van der Waals surface area (Å²) in [5.41, 5.74) is 0. The predicted octanol–water partition coefficient (Wildman–Crippen LogP) is 0.717. The van der Waals surface area contributed by atoms with Crippen LogP contribution in [0.2, 0.25) is 0 Å². The van der Waals surface area contributed by atoms with E-state index in [0.717, 1.165) is 12.8 Å². The van der Waals surface area contributed by atoms with E-state index in [-0.39, 0.29) is 24.5 Å². The average molecular weight is 243 g/mol. The molecule has 1 fully saturated rings. The maximum Gasteiger partial charge on any atom is 0.307 e. The van der Waals surface area contributed by atoms with E-state index in [2.05, 4.69) is 0 Å². The van der Waals surface area contributed by atoms with Crippen LogP contribution in [0.25, 0.3) is 0 Å². The van der Waals surface area contributed by atoms with E-state index in [1.807, 2.05) is 13.8 Å². The van der Waals surface area contributed by atoms with Crippen molar-refractivity contribution < 1.29 is 19.8 Å². The fourth-order valence-corrected chi connectivity index (χ4v) is 2.26. The van der Waals surface area contributed by atoms with E-state index in [9.17, 15) is 9.59 Å². The lowest BCUT2D eigenvalue weighted by Gasteiger charge is -2.30. The van der Waals surface area contributed by atoms with Crippen LogP contribution in [0.15, 0.2) is 0 Å². The van der Waals surface area contributed by atoms with E-state index in [4.69, 9.17) is 10.2 Å². The third-order valence-electron chi connectivity index (χ3n) is 3.43. The Balaban J connectivity index is 2.65. The third kappa shape index (κ3) is 3.19. The lowest BCUT2D eigenvalue weighted by atomic mass is 10.1. The Hall–Kier alpha value is -1.10. The van der Waals surface area contributed by atoms with Crippen molar-refractivity contribution >= 4 is 11.9 Å². The Morgan fingerprint density at radius 2 is 1.88 bits per heavy atom. The number of aliphatic hydroxyl groups excluding tert-OH is 1.